The van der Waals surface area contributed by atoms with Crippen molar-refractivity contribution in [2.24, 2.45) is 0 Å². The predicted molar refractivity (Wildman–Crippen MR) is 77.9 cm³/mol. The van der Waals surface area contributed by atoms with Crippen LogP contribution >= 0.6 is 43.5 Å². The molecule has 0 aliphatic carbocycles. The number of alkyl halides is 3. The molecular weight excluding hydrogens is 426 g/mol. The van der Waals surface area contributed by atoms with Crippen LogP contribution in [0.4, 0.5) is 18.9 Å². The van der Waals surface area contributed by atoms with E-state index in [1.165, 1.54) is 6.07 Å². The van der Waals surface area contributed by atoms with Gasteiger partial charge >= 0.3 is 6.18 Å². The van der Waals surface area contributed by atoms with Crippen LogP contribution in [0.2, 0.25) is 5.02 Å². The maximum atomic E-state index is 12.6. The van der Waals surface area contributed by atoms with Gasteiger partial charge in [0.25, 0.3) is 0 Å². The number of hydrogen-bond donors (Lipinski definition) is 1. The second-order valence-electron chi connectivity index (χ2n) is 3.88. The Morgan fingerprint density at radius 1 is 1.20 bits per heavy atom. The molecule has 0 radical (unpaired) electrons. The molecule has 108 valence electrons. The summed E-state index contributed by atoms with van der Waals surface area (Å²) >= 11 is 12.3. The number of halogens is 6. The molecule has 2 aromatic rings. The first-order chi connectivity index (χ1) is 9.27. The van der Waals surface area contributed by atoms with Crippen LogP contribution in [0, 0.1) is 0 Å². The van der Waals surface area contributed by atoms with Gasteiger partial charge in [0.05, 0.1) is 27.3 Å². The summed E-state index contributed by atoms with van der Waals surface area (Å²) in [4.78, 5) is 0. The van der Waals surface area contributed by atoms with Crippen molar-refractivity contribution in [2.75, 3.05) is 5.32 Å². The third-order valence-corrected chi connectivity index (χ3v) is 4.48. The van der Waals surface area contributed by atoms with Crippen LogP contribution in [0.3, 0.4) is 0 Å². The Hall–Kier alpha value is -0.660. The van der Waals surface area contributed by atoms with Gasteiger partial charge in [-0.05, 0) is 56.1 Å². The minimum Gasteiger partial charge on any atom is -0.451 e. The first kappa shape index (κ1) is 15.7. The van der Waals surface area contributed by atoms with Gasteiger partial charge in [0.15, 0.2) is 4.67 Å². The van der Waals surface area contributed by atoms with Crippen LogP contribution in [0.5, 0.6) is 0 Å². The zero-order chi connectivity index (χ0) is 14.9. The Labute approximate surface area is 134 Å². The van der Waals surface area contributed by atoms with Gasteiger partial charge < -0.3 is 9.73 Å². The number of rotatable bonds is 3. The van der Waals surface area contributed by atoms with Gasteiger partial charge in [0.1, 0.15) is 5.76 Å². The van der Waals surface area contributed by atoms with E-state index in [4.69, 9.17) is 16.0 Å². The topological polar surface area (TPSA) is 25.2 Å². The Balaban J connectivity index is 2.16. The second kappa shape index (κ2) is 5.99. The van der Waals surface area contributed by atoms with E-state index < -0.39 is 11.7 Å². The molecule has 0 amide bonds. The molecule has 1 N–H and O–H groups in total. The molecular formula is C12H7Br2ClF3NO. The number of furan rings is 1. The molecule has 1 heterocycles. The zero-order valence-corrected chi connectivity index (χ0v) is 13.6. The number of benzene rings is 1. The van der Waals surface area contributed by atoms with Gasteiger partial charge in [-0.25, -0.2) is 0 Å². The van der Waals surface area contributed by atoms with Crippen molar-refractivity contribution in [3.8, 4) is 0 Å². The molecule has 0 aliphatic rings. The summed E-state index contributed by atoms with van der Waals surface area (Å²) in [6, 6.07) is 4.82. The number of hydrogen-bond acceptors (Lipinski definition) is 2. The van der Waals surface area contributed by atoms with Gasteiger partial charge in [-0.15, -0.1) is 0 Å². The van der Waals surface area contributed by atoms with E-state index >= 15 is 0 Å². The summed E-state index contributed by atoms with van der Waals surface area (Å²) < 4.78 is 44.4. The van der Waals surface area contributed by atoms with Gasteiger partial charge in [-0.3, -0.25) is 0 Å². The minimum atomic E-state index is -4.41. The van der Waals surface area contributed by atoms with Crippen molar-refractivity contribution in [3.63, 3.8) is 0 Å². The third kappa shape index (κ3) is 3.71. The fourth-order valence-electron chi connectivity index (χ4n) is 1.50. The highest BCUT2D eigenvalue weighted by Crippen LogP contribution is 2.34. The summed E-state index contributed by atoms with van der Waals surface area (Å²) in [5.74, 6) is 0.553. The van der Waals surface area contributed by atoms with Crippen LogP contribution < -0.4 is 5.32 Å². The smallest absolute Gasteiger partial charge is 0.416 e. The lowest BCUT2D eigenvalue weighted by Crippen LogP contribution is -2.06. The first-order valence-electron chi connectivity index (χ1n) is 5.31. The van der Waals surface area contributed by atoms with Crippen LogP contribution in [0.25, 0.3) is 0 Å². The van der Waals surface area contributed by atoms with E-state index in [1.54, 1.807) is 6.07 Å². The van der Waals surface area contributed by atoms with Crippen LogP contribution in [0.1, 0.15) is 11.3 Å². The molecule has 2 rings (SSSR count). The maximum absolute atomic E-state index is 12.6. The molecule has 20 heavy (non-hydrogen) atoms. The molecule has 1 aromatic carbocycles. The molecule has 0 saturated carbocycles. The first-order valence-corrected chi connectivity index (χ1v) is 7.28. The molecule has 0 fully saturated rings. The second-order valence-corrected chi connectivity index (χ2v) is 5.86. The molecule has 0 atom stereocenters. The molecule has 0 unspecified atom stereocenters. The monoisotopic (exact) mass is 431 g/mol. The Bertz CT molecular complexity index is 608. The van der Waals surface area contributed by atoms with Crippen molar-refractivity contribution in [3.05, 3.63) is 49.8 Å². The normalized spacial score (nSPS) is 11.7. The highest BCUT2D eigenvalue weighted by Gasteiger charge is 2.30. The summed E-state index contributed by atoms with van der Waals surface area (Å²) in [6.45, 7) is 0.214. The molecule has 1 aromatic heterocycles. The fraction of sp³-hybridized carbons (Fsp3) is 0.167. The van der Waals surface area contributed by atoms with Crippen molar-refractivity contribution >= 4 is 49.1 Å². The highest BCUT2D eigenvalue weighted by molar-refractivity contribution is 9.13. The number of nitrogens with one attached hydrogen (secondary N) is 1. The molecule has 0 bridgehead atoms. The Kier molecular flexibility index (Phi) is 4.71. The highest BCUT2D eigenvalue weighted by atomic mass is 79.9. The SMILES string of the molecule is FC(F)(F)c1ccc(Cl)c(NCc2cc(Br)c(Br)o2)c1. The summed E-state index contributed by atoms with van der Waals surface area (Å²) in [6.07, 6.45) is -4.41. The molecule has 8 heteroatoms. The van der Waals surface area contributed by atoms with Crippen molar-refractivity contribution < 1.29 is 17.6 Å². The van der Waals surface area contributed by atoms with E-state index in [1.807, 2.05) is 0 Å². The van der Waals surface area contributed by atoms with Crippen molar-refractivity contribution in [1.82, 2.24) is 0 Å². The van der Waals surface area contributed by atoms with E-state index in [2.05, 4.69) is 37.2 Å². The third-order valence-electron chi connectivity index (χ3n) is 2.44. The van der Waals surface area contributed by atoms with E-state index in [-0.39, 0.29) is 17.3 Å². The average Bonchev–Trinajstić information content (AvgIpc) is 2.66. The van der Waals surface area contributed by atoms with Gasteiger partial charge in [-0.1, -0.05) is 11.6 Å². The van der Waals surface area contributed by atoms with E-state index in [0.717, 1.165) is 16.6 Å². The van der Waals surface area contributed by atoms with Gasteiger partial charge in [0, 0.05) is 0 Å². The Morgan fingerprint density at radius 2 is 1.90 bits per heavy atom. The van der Waals surface area contributed by atoms with Crippen LogP contribution in [0.15, 0.2) is 37.8 Å². The fourth-order valence-corrected chi connectivity index (χ4v) is 2.34. The lowest BCUT2D eigenvalue weighted by atomic mass is 10.2. The predicted octanol–water partition coefficient (Wildman–Crippen LogP) is 6.09. The maximum Gasteiger partial charge on any atom is 0.416 e. The van der Waals surface area contributed by atoms with E-state index in [9.17, 15) is 13.2 Å². The zero-order valence-electron chi connectivity index (χ0n) is 9.69. The summed E-state index contributed by atoms with van der Waals surface area (Å²) in [5.41, 5.74) is -0.559. The molecule has 0 aliphatic heterocycles. The summed E-state index contributed by atoms with van der Waals surface area (Å²) in [7, 11) is 0. The lowest BCUT2D eigenvalue weighted by molar-refractivity contribution is -0.137. The van der Waals surface area contributed by atoms with Gasteiger partial charge in [0.2, 0.25) is 0 Å². The lowest BCUT2D eigenvalue weighted by Gasteiger charge is -2.11. The van der Waals surface area contributed by atoms with Gasteiger partial charge in [-0.2, -0.15) is 13.2 Å². The van der Waals surface area contributed by atoms with E-state index in [0.29, 0.717) is 10.4 Å². The molecule has 0 saturated heterocycles. The minimum absolute atomic E-state index is 0.199. The van der Waals surface area contributed by atoms with Crippen molar-refractivity contribution in [1.29, 1.82) is 0 Å². The standard InChI is InChI=1S/C12H7Br2ClF3NO/c13-8-4-7(20-11(8)14)5-19-10-3-6(12(16,17)18)1-2-9(10)15/h1-4,19H,5H2. The number of anilines is 1. The molecule has 2 nitrogen and oxygen atoms in total. The summed E-state index contributed by atoms with van der Waals surface area (Å²) in [5, 5.41) is 3.03. The molecule has 0 spiro atoms. The van der Waals surface area contributed by atoms with Crippen LogP contribution in [-0.4, -0.2) is 0 Å². The van der Waals surface area contributed by atoms with Crippen molar-refractivity contribution in [2.45, 2.75) is 12.7 Å². The largest absolute Gasteiger partial charge is 0.451 e. The Morgan fingerprint density at radius 3 is 2.45 bits per heavy atom. The quantitative estimate of drug-likeness (QED) is 0.634. The average molecular weight is 433 g/mol. The van der Waals surface area contributed by atoms with Crippen LogP contribution in [-0.2, 0) is 12.7 Å².